The summed E-state index contributed by atoms with van der Waals surface area (Å²) in [5, 5.41) is 0. The molecule has 1 atom stereocenters. The van der Waals surface area contributed by atoms with Gasteiger partial charge in [0, 0.05) is 50.7 Å². The molecule has 1 saturated heterocycles. The van der Waals surface area contributed by atoms with Crippen LogP contribution in [0.25, 0.3) is 0 Å². The van der Waals surface area contributed by atoms with E-state index in [1.165, 1.54) is 12.8 Å². The van der Waals surface area contributed by atoms with E-state index in [4.69, 9.17) is 0 Å². The van der Waals surface area contributed by atoms with E-state index in [-0.39, 0.29) is 11.9 Å². The van der Waals surface area contributed by atoms with Crippen molar-refractivity contribution in [3.8, 4) is 0 Å². The minimum absolute atomic E-state index is 0.00443. The molecule has 1 saturated carbocycles. The van der Waals surface area contributed by atoms with Crippen molar-refractivity contribution in [2.24, 2.45) is 0 Å². The predicted octanol–water partition coefficient (Wildman–Crippen LogP) is 2.49. The van der Waals surface area contributed by atoms with Crippen molar-refractivity contribution in [2.45, 2.75) is 37.6 Å². The van der Waals surface area contributed by atoms with Crippen LogP contribution in [-0.2, 0) is 0 Å². The van der Waals surface area contributed by atoms with E-state index in [9.17, 15) is 4.79 Å². The molecule has 1 aliphatic carbocycles. The zero-order valence-corrected chi connectivity index (χ0v) is 14.5. The van der Waals surface area contributed by atoms with Gasteiger partial charge in [0.05, 0.1) is 5.56 Å². The van der Waals surface area contributed by atoms with Gasteiger partial charge in [0.25, 0.3) is 5.91 Å². The second-order valence-electron chi connectivity index (χ2n) is 6.95. The molecule has 1 amide bonds. The number of amides is 1. The second kappa shape index (κ2) is 6.78. The minimum Gasteiger partial charge on any atom is -0.355 e. The lowest BCUT2D eigenvalue weighted by Crippen LogP contribution is -2.48. The third kappa shape index (κ3) is 3.48. The highest BCUT2D eigenvalue weighted by Gasteiger charge is 2.29. The number of aromatic nitrogens is 3. The summed E-state index contributed by atoms with van der Waals surface area (Å²) >= 11 is 0. The van der Waals surface area contributed by atoms with Crippen molar-refractivity contribution in [3.63, 3.8) is 0 Å². The Kier molecular flexibility index (Phi) is 4.34. The Hall–Kier alpha value is -2.50. The summed E-state index contributed by atoms with van der Waals surface area (Å²) in [5.41, 5.74) is 0.571. The Morgan fingerprint density at radius 3 is 2.64 bits per heavy atom. The van der Waals surface area contributed by atoms with Crippen LogP contribution >= 0.6 is 0 Å². The predicted molar refractivity (Wildman–Crippen MR) is 95.6 cm³/mol. The number of likely N-dealkylation sites (N-methyl/N-ethyl adjacent to an activating group) is 1. The SMILES string of the molecule is CN(C(=O)c1cnc(C2CC2)nc1)[C@H]1CCCN(c2ccccn2)C1. The van der Waals surface area contributed by atoms with Gasteiger partial charge in [0.15, 0.2) is 0 Å². The molecule has 0 unspecified atom stereocenters. The van der Waals surface area contributed by atoms with E-state index in [0.717, 1.165) is 37.6 Å². The first-order valence-electron chi connectivity index (χ1n) is 8.97. The van der Waals surface area contributed by atoms with Gasteiger partial charge in [-0.3, -0.25) is 4.79 Å². The second-order valence-corrected chi connectivity index (χ2v) is 6.95. The van der Waals surface area contributed by atoms with Crippen molar-refractivity contribution in [1.29, 1.82) is 0 Å². The fraction of sp³-hybridized carbons (Fsp3) is 0.474. The molecule has 4 rings (SSSR count). The van der Waals surface area contributed by atoms with Crippen LogP contribution in [0.15, 0.2) is 36.8 Å². The quantitative estimate of drug-likeness (QED) is 0.858. The largest absolute Gasteiger partial charge is 0.355 e. The van der Waals surface area contributed by atoms with Crippen LogP contribution in [0.2, 0.25) is 0 Å². The first kappa shape index (κ1) is 16.0. The number of rotatable bonds is 4. The van der Waals surface area contributed by atoms with E-state index in [1.807, 2.05) is 36.3 Å². The van der Waals surface area contributed by atoms with Gasteiger partial charge in [-0.2, -0.15) is 0 Å². The smallest absolute Gasteiger partial charge is 0.257 e. The maximum atomic E-state index is 12.8. The van der Waals surface area contributed by atoms with E-state index >= 15 is 0 Å². The standard InChI is InChI=1S/C19H23N5O/c1-23(19(25)15-11-21-18(22-12-15)14-7-8-14)16-5-4-10-24(13-16)17-6-2-3-9-20-17/h2-3,6,9,11-12,14,16H,4-5,7-8,10,13H2,1H3/t16-/m0/s1. The average molecular weight is 337 g/mol. The first-order valence-corrected chi connectivity index (χ1v) is 8.97. The van der Waals surface area contributed by atoms with Gasteiger partial charge < -0.3 is 9.80 Å². The molecule has 0 bridgehead atoms. The molecular weight excluding hydrogens is 314 g/mol. The number of hydrogen-bond acceptors (Lipinski definition) is 5. The minimum atomic E-state index is -0.00443. The van der Waals surface area contributed by atoms with Gasteiger partial charge >= 0.3 is 0 Å². The summed E-state index contributed by atoms with van der Waals surface area (Å²) in [5.74, 6) is 2.35. The molecular formula is C19H23N5O. The molecule has 25 heavy (non-hydrogen) atoms. The summed E-state index contributed by atoms with van der Waals surface area (Å²) in [6.07, 6.45) is 9.56. The molecule has 1 aliphatic heterocycles. The number of hydrogen-bond donors (Lipinski definition) is 0. The van der Waals surface area contributed by atoms with Crippen LogP contribution in [0.1, 0.15) is 47.8 Å². The number of anilines is 1. The highest BCUT2D eigenvalue weighted by atomic mass is 16.2. The lowest BCUT2D eigenvalue weighted by molar-refractivity contribution is 0.0716. The molecule has 0 N–H and O–H groups in total. The Balaban J connectivity index is 1.43. The van der Waals surface area contributed by atoms with E-state index in [0.29, 0.717) is 11.5 Å². The van der Waals surface area contributed by atoms with Crippen molar-refractivity contribution >= 4 is 11.7 Å². The number of pyridine rings is 1. The highest BCUT2D eigenvalue weighted by molar-refractivity contribution is 5.93. The summed E-state index contributed by atoms with van der Waals surface area (Å²) in [6.45, 7) is 1.79. The number of nitrogens with zero attached hydrogens (tertiary/aromatic N) is 5. The van der Waals surface area contributed by atoms with Gasteiger partial charge in [-0.1, -0.05) is 6.07 Å². The molecule has 2 fully saturated rings. The summed E-state index contributed by atoms with van der Waals surface area (Å²) in [4.78, 5) is 30.1. The maximum absolute atomic E-state index is 12.8. The summed E-state index contributed by atoms with van der Waals surface area (Å²) < 4.78 is 0. The molecule has 6 nitrogen and oxygen atoms in total. The van der Waals surface area contributed by atoms with Crippen molar-refractivity contribution < 1.29 is 4.79 Å². The zero-order chi connectivity index (χ0) is 17.2. The molecule has 6 heteroatoms. The Morgan fingerprint density at radius 2 is 1.96 bits per heavy atom. The summed E-state index contributed by atoms with van der Waals surface area (Å²) in [6, 6.07) is 6.12. The molecule has 2 aliphatic rings. The third-order valence-electron chi connectivity index (χ3n) is 5.10. The van der Waals surface area contributed by atoms with Gasteiger partial charge in [-0.05, 0) is 37.8 Å². The molecule has 0 radical (unpaired) electrons. The van der Waals surface area contributed by atoms with Crippen molar-refractivity contribution in [2.75, 3.05) is 25.0 Å². The lowest BCUT2D eigenvalue weighted by Gasteiger charge is -2.38. The van der Waals surface area contributed by atoms with Gasteiger partial charge in [0.2, 0.25) is 0 Å². The first-order chi connectivity index (χ1) is 12.2. The van der Waals surface area contributed by atoms with Gasteiger partial charge in [-0.25, -0.2) is 15.0 Å². The average Bonchev–Trinajstić information content (AvgIpc) is 3.53. The van der Waals surface area contributed by atoms with Gasteiger partial charge in [-0.15, -0.1) is 0 Å². The number of piperidine rings is 1. The van der Waals surface area contributed by atoms with Crippen LogP contribution in [-0.4, -0.2) is 51.9 Å². The molecule has 130 valence electrons. The Bertz CT molecular complexity index is 729. The van der Waals surface area contributed by atoms with E-state index < -0.39 is 0 Å². The monoisotopic (exact) mass is 337 g/mol. The molecule has 2 aromatic heterocycles. The molecule has 2 aromatic rings. The van der Waals surface area contributed by atoms with Crippen LogP contribution in [0.5, 0.6) is 0 Å². The highest BCUT2D eigenvalue weighted by Crippen LogP contribution is 2.37. The van der Waals surface area contributed by atoms with Crippen LogP contribution in [0.4, 0.5) is 5.82 Å². The van der Waals surface area contributed by atoms with E-state index in [2.05, 4.69) is 19.9 Å². The van der Waals surface area contributed by atoms with Gasteiger partial charge in [0.1, 0.15) is 11.6 Å². The maximum Gasteiger partial charge on any atom is 0.257 e. The molecule has 3 heterocycles. The zero-order valence-electron chi connectivity index (χ0n) is 14.5. The summed E-state index contributed by atoms with van der Waals surface area (Å²) in [7, 11) is 1.88. The molecule has 0 spiro atoms. The number of carbonyl (C=O) groups is 1. The number of carbonyl (C=O) groups excluding carboxylic acids is 1. The lowest BCUT2D eigenvalue weighted by atomic mass is 10.0. The Labute approximate surface area is 147 Å². The van der Waals surface area contributed by atoms with Crippen molar-refractivity contribution in [1.82, 2.24) is 19.9 Å². The molecule has 0 aromatic carbocycles. The van der Waals surface area contributed by atoms with E-state index in [1.54, 1.807) is 12.4 Å². The van der Waals surface area contributed by atoms with Crippen molar-refractivity contribution in [3.05, 3.63) is 48.2 Å². The fourth-order valence-corrected chi connectivity index (χ4v) is 3.39. The Morgan fingerprint density at radius 1 is 1.16 bits per heavy atom. The normalized spacial score (nSPS) is 20.4. The van der Waals surface area contributed by atoms with Crippen LogP contribution in [0.3, 0.4) is 0 Å². The van der Waals surface area contributed by atoms with Crippen LogP contribution in [0, 0.1) is 0 Å². The van der Waals surface area contributed by atoms with Crippen LogP contribution < -0.4 is 4.90 Å². The fourth-order valence-electron chi connectivity index (χ4n) is 3.39. The third-order valence-corrected chi connectivity index (χ3v) is 5.10. The topological polar surface area (TPSA) is 62.2 Å².